The van der Waals surface area contributed by atoms with Gasteiger partial charge in [-0.15, -0.1) is 0 Å². The topological polar surface area (TPSA) is 77.6 Å². The largest absolute Gasteiger partial charge is 0.456 e. The van der Waals surface area contributed by atoms with Gasteiger partial charge in [0.1, 0.15) is 25.4 Å². The number of fused-ring (bicyclic) bond motifs is 2. The van der Waals surface area contributed by atoms with E-state index in [0.717, 1.165) is 44.5 Å². The van der Waals surface area contributed by atoms with Crippen LogP contribution in [0.15, 0.2) is 65.1 Å². The summed E-state index contributed by atoms with van der Waals surface area (Å²) in [7, 11) is 8.01. The molecule has 0 atom stereocenters. The molecule has 0 bridgehead atoms. The second kappa shape index (κ2) is 10.6. The van der Waals surface area contributed by atoms with E-state index in [4.69, 9.17) is 4.42 Å². The summed E-state index contributed by atoms with van der Waals surface area (Å²) in [4.78, 5) is 26.3. The first kappa shape index (κ1) is 25.0. The molecule has 0 radical (unpaired) electrons. The fraction of sp³-hybridized carbons (Fsp3) is 0.276. The smallest absolute Gasteiger partial charge is 0.251 e. The number of nitrogens with one attached hydrogen (secondary N) is 2. The van der Waals surface area contributed by atoms with E-state index in [1.54, 1.807) is 13.0 Å². The van der Waals surface area contributed by atoms with Gasteiger partial charge in [0.15, 0.2) is 0 Å². The summed E-state index contributed by atoms with van der Waals surface area (Å²) in [5, 5.41) is 7.68. The van der Waals surface area contributed by atoms with Crippen LogP contribution in [0.25, 0.3) is 33.4 Å². The zero-order valence-corrected chi connectivity index (χ0v) is 21.5. The van der Waals surface area contributed by atoms with Crippen LogP contribution in [0, 0.1) is 0 Å². The molecule has 4 rings (SSSR count). The van der Waals surface area contributed by atoms with Gasteiger partial charge in [-0.2, -0.15) is 0 Å². The summed E-state index contributed by atoms with van der Waals surface area (Å²) in [5.41, 5.74) is 5.32. The summed E-state index contributed by atoms with van der Waals surface area (Å²) in [6.45, 7) is 2.56. The van der Waals surface area contributed by atoms with Crippen molar-refractivity contribution in [2.75, 3.05) is 46.2 Å². The van der Waals surface area contributed by atoms with Crippen LogP contribution in [0.3, 0.4) is 0 Å². The molecule has 0 fully saturated rings. The monoisotopic (exact) mass is 485 g/mol. The van der Waals surface area contributed by atoms with Crippen LogP contribution in [0.4, 0.5) is 5.69 Å². The second-order valence-electron chi connectivity index (χ2n) is 9.17. The molecule has 2 N–H and O–H groups in total. The maximum absolute atomic E-state index is 12.9. The fourth-order valence-electron chi connectivity index (χ4n) is 4.16. The second-order valence-corrected chi connectivity index (χ2v) is 9.17. The standard InChI is InChI=1S/C29H32N4O3/c1-6-27(34)30-14-15-31-29(35)20-9-7-8-19(16-20)28-23-12-10-21(32(2)3)17-25(23)36-26-18-22(33(4)5)11-13-24(26)28/h7-13,16-18H,6,14-15H2,1-5H3,(H-,30,31,34,35)/p+1. The third kappa shape index (κ3) is 5.25. The average Bonchev–Trinajstić information content (AvgIpc) is 2.88. The van der Waals surface area contributed by atoms with E-state index in [-0.39, 0.29) is 11.8 Å². The van der Waals surface area contributed by atoms with Crippen LogP contribution in [-0.2, 0) is 4.79 Å². The van der Waals surface area contributed by atoms with Gasteiger partial charge in [-0.1, -0.05) is 19.1 Å². The predicted octanol–water partition coefficient (Wildman–Crippen LogP) is 3.56. The van der Waals surface area contributed by atoms with Gasteiger partial charge in [0.25, 0.3) is 5.91 Å². The van der Waals surface area contributed by atoms with Crippen molar-refractivity contribution in [1.29, 1.82) is 0 Å². The van der Waals surface area contributed by atoms with E-state index in [1.165, 1.54) is 0 Å². The first-order valence-electron chi connectivity index (χ1n) is 12.1. The third-order valence-electron chi connectivity index (χ3n) is 6.19. The molecule has 2 aliphatic rings. The molecule has 1 heterocycles. The molecule has 1 aliphatic carbocycles. The van der Waals surface area contributed by atoms with Crippen LogP contribution in [0.2, 0.25) is 0 Å². The quantitative estimate of drug-likeness (QED) is 0.238. The van der Waals surface area contributed by atoms with E-state index in [1.807, 2.05) is 68.0 Å². The number of rotatable bonds is 7. The Morgan fingerprint density at radius 2 is 1.72 bits per heavy atom. The zero-order valence-electron chi connectivity index (χ0n) is 21.5. The SMILES string of the molecule is CCC(=O)NCCNC(=O)c1cccc(-c2c3ccc(=[N+](C)C)cc-3oc3cc(N(C)C)ccc23)c1. The normalized spacial score (nSPS) is 10.9. The zero-order chi connectivity index (χ0) is 25.8. The first-order chi connectivity index (χ1) is 17.3. The molecule has 0 saturated carbocycles. The molecule has 2 aromatic rings. The van der Waals surface area contributed by atoms with Crippen molar-refractivity contribution >= 4 is 28.5 Å². The lowest BCUT2D eigenvalue weighted by Crippen LogP contribution is -2.34. The van der Waals surface area contributed by atoms with Gasteiger partial charge >= 0.3 is 0 Å². The van der Waals surface area contributed by atoms with Crippen molar-refractivity contribution in [2.45, 2.75) is 13.3 Å². The van der Waals surface area contributed by atoms with Gasteiger partial charge in [0.2, 0.25) is 11.3 Å². The van der Waals surface area contributed by atoms with Crippen molar-refractivity contribution < 1.29 is 14.0 Å². The Bertz CT molecular complexity index is 1470. The van der Waals surface area contributed by atoms with Crippen molar-refractivity contribution in [2.24, 2.45) is 0 Å². The summed E-state index contributed by atoms with van der Waals surface area (Å²) in [6, 6.07) is 20.0. The molecule has 186 valence electrons. The Morgan fingerprint density at radius 1 is 0.944 bits per heavy atom. The average molecular weight is 486 g/mol. The summed E-state index contributed by atoms with van der Waals surface area (Å²) < 4.78 is 8.44. The molecule has 0 aromatic heterocycles. The van der Waals surface area contributed by atoms with Gasteiger partial charge in [0, 0.05) is 73.5 Å². The van der Waals surface area contributed by atoms with Crippen molar-refractivity contribution in [3.05, 3.63) is 71.6 Å². The lowest BCUT2D eigenvalue weighted by atomic mass is 9.92. The lowest BCUT2D eigenvalue weighted by molar-refractivity contribution is -0.120. The Kier molecular flexibility index (Phi) is 7.38. The van der Waals surface area contributed by atoms with Gasteiger partial charge in [-0.3, -0.25) is 9.59 Å². The van der Waals surface area contributed by atoms with E-state index >= 15 is 0 Å². The number of amides is 2. The molecule has 0 unspecified atom stereocenters. The minimum absolute atomic E-state index is 0.0330. The summed E-state index contributed by atoms with van der Waals surface area (Å²) >= 11 is 0. The highest BCUT2D eigenvalue weighted by Gasteiger charge is 2.19. The summed E-state index contributed by atoms with van der Waals surface area (Å²) in [5.74, 6) is 0.567. The third-order valence-corrected chi connectivity index (χ3v) is 6.19. The fourth-order valence-corrected chi connectivity index (χ4v) is 4.16. The number of hydrogen-bond acceptors (Lipinski definition) is 4. The Morgan fingerprint density at radius 3 is 2.44 bits per heavy atom. The van der Waals surface area contributed by atoms with E-state index in [9.17, 15) is 9.59 Å². The molecule has 0 spiro atoms. The van der Waals surface area contributed by atoms with Gasteiger partial charge < -0.3 is 20.0 Å². The molecule has 0 saturated heterocycles. The van der Waals surface area contributed by atoms with Crippen molar-refractivity contribution in [1.82, 2.24) is 15.2 Å². The van der Waals surface area contributed by atoms with Crippen molar-refractivity contribution in [3.8, 4) is 22.5 Å². The highest BCUT2D eigenvalue weighted by Crippen LogP contribution is 2.40. The molecule has 7 nitrogen and oxygen atoms in total. The molecule has 2 amide bonds. The highest BCUT2D eigenvalue weighted by molar-refractivity contribution is 6.04. The number of carbonyl (C=O) groups is 2. The molecule has 2 aromatic carbocycles. The summed E-state index contributed by atoms with van der Waals surface area (Å²) in [6.07, 6.45) is 0.424. The first-order valence-corrected chi connectivity index (χ1v) is 12.1. The minimum atomic E-state index is -0.179. The van der Waals surface area contributed by atoms with E-state index < -0.39 is 0 Å². The van der Waals surface area contributed by atoms with Crippen LogP contribution in [-0.4, -0.2) is 53.1 Å². The van der Waals surface area contributed by atoms with Crippen LogP contribution in [0.1, 0.15) is 23.7 Å². The predicted molar refractivity (Wildman–Crippen MR) is 145 cm³/mol. The maximum atomic E-state index is 12.9. The number of carbonyl (C=O) groups excluding carboxylic acids is 2. The molecular weight excluding hydrogens is 452 g/mol. The van der Waals surface area contributed by atoms with Crippen LogP contribution < -0.4 is 25.5 Å². The number of benzene rings is 3. The molecule has 7 heteroatoms. The van der Waals surface area contributed by atoms with Crippen molar-refractivity contribution in [3.63, 3.8) is 0 Å². The maximum Gasteiger partial charge on any atom is 0.251 e. The number of anilines is 1. The number of hydrogen-bond donors (Lipinski definition) is 2. The lowest BCUT2D eigenvalue weighted by Gasteiger charge is -2.18. The van der Waals surface area contributed by atoms with Gasteiger partial charge in [-0.05, 0) is 35.9 Å². The number of nitrogens with zero attached hydrogens (tertiary/aromatic N) is 2. The Hall–Kier alpha value is -4.13. The molecule has 1 aliphatic heterocycles. The minimum Gasteiger partial charge on any atom is -0.456 e. The molecule has 36 heavy (non-hydrogen) atoms. The van der Waals surface area contributed by atoms with Crippen LogP contribution >= 0.6 is 0 Å². The highest BCUT2D eigenvalue weighted by atomic mass is 16.3. The van der Waals surface area contributed by atoms with Gasteiger partial charge in [-0.25, -0.2) is 4.58 Å². The van der Waals surface area contributed by atoms with E-state index in [0.29, 0.717) is 25.1 Å². The molecular formula is C29H33N4O3+. The van der Waals surface area contributed by atoms with Gasteiger partial charge in [0.05, 0.1) is 6.07 Å². The van der Waals surface area contributed by atoms with E-state index in [2.05, 4.69) is 34.9 Å². The Labute approximate surface area is 211 Å². The Balaban J connectivity index is 1.79. The van der Waals surface area contributed by atoms with Crippen LogP contribution in [0.5, 0.6) is 0 Å².